The van der Waals surface area contributed by atoms with E-state index in [0.29, 0.717) is 31.3 Å². The SMILES string of the molecule is CCOCc1nc(C(O)CC)no1. The fourth-order valence-electron chi connectivity index (χ4n) is 0.834. The highest BCUT2D eigenvalue weighted by molar-refractivity contribution is 4.89. The molecule has 74 valence electrons. The van der Waals surface area contributed by atoms with E-state index >= 15 is 0 Å². The van der Waals surface area contributed by atoms with Gasteiger partial charge in [-0.1, -0.05) is 12.1 Å². The molecule has 0 aliphatic carbocycles. The van der Waals surface area contributed by atoms with Crippen LogP contribution in [0.25, 0.3) is 0 Å². The minimum absolute atomic E-state index is 0.305. The van der Waals surface area contributed by atoms with Crippen molar-refractivity contribution in [2.24, 2.45) is 0 Å². The van der Waals surface area contributed by atoms with Gasteiger partial charge in [-0.15, -0.1) is 0 Å². The molecule has 0 aromatic carbocycles. The average molecular weight is 186 g/mol. The number of hydrogen-bond donors (Lipinski definition) is 1. The third-order valence-corrected chi connectivity index (χ3v) is 1.60. The van der Waals surface area contributed by atoms with Crippen LogP contribution in [-0.4, -0.2) is 21.9 Å². The van der Waals surface area contributed by atoms with Crippen LogP contribution in [0, 0.1) is 0 Å². The number of rotatable bonds is 5. The van der Waals surface area contributed by atoms with Crippen molar-refractivity contribution in [2.45, 2.75) is 33.0 Å². The van der Waals surface area contributed by atoms with Crippen LogP contribution in [0.3, 0.4) is 0 Å². The Morgan fingerprint density at radius 1 is 1.54 bits per heavy atom. The zero-order chi connectivity index (χ0) is 9.68. The molecular weight excluding hydrogens is 172 g/mol. The van der Waals surface area contributed by atoms with Crippen LogP contribution < -0.4 is 0 Å². The summed E-state index contributed by atoms with van der Waals surface area (Å²) in [6, 6.07) is 0. The molecule has 1 N–H and O–H groups in total. The lowest BCUT2D eigenvalue weighted by molar-refractivity contribution is 0.109. The Kier molecular flexibility index (Phi) is 3.85. The highest BCUT2D eigenvalue weighted by Crippen LogP contribution is 2.12. The quantitative estimate of drug-likeness (QED) is 0.744. The molecule has 0 aliphatic rings. The lowest BCUT2D eigenvalue weighted by Gasteiger charge is -1.98. The van der Waals surface area contributed by atoms with Gasteiger partial charge in [0.05, 0.1) is 0 Å². The molecule has 1 unspecified atom stereocenters. The van der Waals surface area contributed by atoms with Crippen LogP contribution in [0.5, 0.6) is 0 Å². The molecule has 0 saturated heterocycles. The zero-order valence-electron chi connectivity index (χ0n) is 7.86. The van der Waals surface area contributed by atoms with Crippen LogP contribution >= 0.6 is 0 Å². The standard InChI is InChI=1S/C8H14N2O3/c1-3-6(11)8-9-7(13-10-8)5-12-4-2/h6,11H,3-5H2,1-2H3. The lowest BCUT2D eigenvalue weighted by atomic mass is 10.3. The predicted molar refractivity (Wildman–Crippen MR) is 44.9 cm³/mol. The molecular formula is C8H14N2O3. The van der Waals surface area contributed by atoms with Gasteiger partial charge in [0.1, 0.15) is 12.7 Å². The summed E-state index contributed by atoms with van der Waals surface area (Å²) in [5, 5.41) is 13.0. The van der Waals surface area contributed by atoms with Gasteiger partial charge in [0, 0.05) is 6.61 Å². The molecule has 0 aliphatic heterocycles. The molecule has 1 rings (SSSR count). The zero-order valence-corrected chi connectivity index (χ0v) is 7.86. The predicted octanol–water partition coefficient (Wildman–Crippen LogP) is 1.05. The minimum Gasteiger partial charge on any atom is -0.385 e. The molecule has 0 amide bonds. The summed E-state index contributed by atoms with van der Waals surface area (Å²) in [6.07, 6.45) is -0.0627. The van der Waals surface area contributed by atoms with Crippen LogP contribution in [0.1, 0.15) is 38.1 Å². The molecule has 5 nitrogen and oxygen atoms in total. The Morgan fingerprint density at radius 3 is 2.92 bits per heavy atom. The molecule has 0 fully saturated rings. The number of aliphatic hydroxyl groups excluding tert-OH is 1. The summed E-state index contributed by atoms with van der Waals surface area (Å²) in [5.74, 6) is 0.738. The van der Waals surface area contributed by atoms with Crippen molar-refractivity contribution in [1.82, 2.24) is 10.1 Å². The molecule has 5 heteroatoms. The Balaban J connectivity index is 2.53. The number of aliphatic hydroxyl groups is 1. The van der Waals surface area contributed by atoms with E-state index in [1.54, 1.807) is 0 Å². The highest BCUT2D eigenvalue weighted by atomic mass is 16.5. The summed E-state index contributed by atoms with van der Waals surface area (Å²) in [4.78, 5) is 3.97. The summed E-state index contributed by atoms with van der Waals surface area (Å²) in [6.45, 7) is 4.65. The number of ether oxygens (including phenoxy) is 1. The van der Waals surface area contributed by atoms with Crippen molar-refractivity contribution in [3.05, 3.63) is 11.7 Å². The van der Waals surface area contributed by atoms with Crippen LogP contribution in [0.2, 0.25) is 0 Å². The summed E-state index contributed by atoms with van der Waals surface area (Å²) >= 11 is 0. The van der Waals surface area contributed by atoms with E-state index in [0.717, 1.165) is 0 Å². The normalized spacial score (nSPS) is 13.2. The van der Waals surface area contributed by atoms with E-state index in [1.807, 2.05) is 13.8 Å². The smallest absolute Gasteiger partial charge is 0.252 e. The van der Waals surface area contributed by atoms with Gasteiger partial charge in [0.25, 0.3) is 5.89 Å². The van der Waals surface area contributed by atoms with Crippen LogP contribution in [-0.2, 0) is 11.3 Å². The molecule has 0 bridgehead atoms. The lowest BCUT2D eigenvalue weighted by Crippen LogP contribution is -1.98. The fraction of sp³-hybridized carbons (Fsp3) is 0.750. The maximum atomic E-state index is 9.34. The second-order valence-corrected chi connectivity index (χ2v) is 2.61. The van der Waals surface area contributed by atoms with E-state index in [9.17, 15) is 5.11 Å². The first-order valence-corrected chi connectivity index (χ1v) is 4.36. The topological polar surface area (TPSA) is 68.4 Å². The Labute approximate surface area is 76.7 Å². The molecule has 0 spiro atoms. The number of hydrogen-bond acceptors (Lipinski definition) is 5. The van der Waals surface area contributed by atoms with E-state index in [4.69, 9.17) is 9.26 Å². The van der Waals surface area contributed by atoms with Crippen molar-refractivity contribution in [2.75, 3.05) is 6.61 Å². The van der Waals surface area contributed by atoms with Gasteiger partial charge in [-0.25, -0.2) is 0 Å². The molecule has 1 heterocycles. The average Bonchev–Trinajstić information content (AvgIpc) is 2.62. The Bertz CT molecular complexity index is 249. The summed E-state index contributed by atoms with van der Waals surface area (Å²) in [7, 11) is 0. The second-order valence-electron chi connectivity index (χ2n) is 2.61. The largest absolute Gasteiger partial charge is 0.385 e. The number of aromatic nitrogens is 2. The van der Waals surface area contributed by atoms with Crippen molar-refractivity contribution in [3.63, 3.8) is 0 Å². The summed E-state index contributed by atoms with van der Waals surface area (Å²) in [5.41, 5.74) is 0. The van der Waals surface area contributed by atoms with Crippen LogP contribution in [0.4, 0.5) is 0 Å². The number of nitrogens with zero attached hydrogens (tertiary/aromatic N) is 2. The first-order chi connectivity index (χ1) is 6.27. The third-order valence-electron chi connectivity index (χ3n) is 1.60. The van der Waals surface area contributed by atoms with Crippen molar-refractivity contribution >= 4 is 0 Å². The molecule has 0 saturated carbocycles. The van der Waals surface area contributed by atoms with E-state index < -0.39 is 6.10 Å². The summed E-state index contributed by atoms with van der Waals surface area (Å²) < 4.78 is 9.91. The van der Waals surface area contributed by atoms with Crippen molar-refractivity contribution < 1.29 is 14.4 Å². The highest BCUT2D eigenvalue weighted by Gasteiger charge is 2.12. The van der Waals surface area contributed by atoms with Crippen molar-refractivity contribution in [3.8, 4) is 0 Å². The Hall–Kier alpha value is -0.940. The molecule has 1 atom stereocenters. The van der Waals surface area contributed by atoms with Gasteiger partial charge in [0.2, 0.25) is 0 Å². The maximum absolute atomic E-state index is 9.34. The van der Waals surface area contributed by atoms with Gasteiger partial charge < -0.3 is 14.4 Å². The van der Waals surface area contributed by atoms with E-state index in [2.05, 4.69) is 10.1 Å². The van der Waals surface area contributed by atoms with Gasteiger partial charge in [-0.05, 0) is 13.3 Å². The molecule has 1 aromatic heterocycles. The molecule has 1 aromatic rings. The maximum Gasteiger partial charge on any atom is 0.252 e. The Morgan fingerprint density at radius 2 is 2.31 bits per heavy atom. The molecule has 13 heavy (non-hydrogen) atoms. The van der Waals surface area contributed by atoms with Crippen molar-refractivity contribution in [1.29, 1.82) is 0 Å². The minimum atomic E-state index is -0.640. The molecule has 0 radical (unpaired) electrons. The monoisotopic (exact) mass is 186 g/mol. The van der Waals surface area contributed by atoms with Gasteiger partial charge in [-0.3, -0.25) is 0 Å². The third kappa shape index (κ3) is 2.78. The van der Waals surface area contributed by atoms with Crippen LogP contribution in [0.15, 0.2) is 4.52 Å². The van der Waals surface area contributed by atoms with Gasteiger partial charge in [0.15, 0.2) is 5.82 Å². The van der Waals surface area contributed by atoms with Gasteiger partial charge in [-0.2, -0.15) is 4.98 Å². The van der Waals surface area contributed by atoms with E-state index in [-0.39, 0.29) is 0 Å². The van der Waals surface area contributed by atoms with E-state index in [1.165, 1.54) is 0 Å². The second kappa shape index (κ2) is 4.94. The first-order valence-electron chi connectivity index (χ1n) is 4.36. The van der Waals surface area contributed by atoms with Gasteiger partial charge >= 0.3 is 0 Å². The first kappa shape index (κ1) is 10.1. The fourth-order valence-corrected chi connectivity index (χ4v) is 0.834.